The van der Waals surface area contributed by atoms with Crippen molar-refractivity contribution in [1.29, 1.82) is 5.41 Å². The van der Waals surface area contributed by atoms with E-state index >= 15 is 0 Å². The van der Waals surface area contributed by atoms with E-state index in [9.17, 15) is 4.39 Å². The third-order valence-electron chi connectivity index (χ3n) is 5.32. The fourth-order valence-electron chi connectivity index (χ4n) is 4.00. The second-order valence-electron chi connectivity index (χ2n) is 6.85. The summed E-state index contributed by atoms with van der Waals surface area (Å²) >= 11 is 0. The van der Waals surface area contributed by atoms with E-state index in [-0.39, 0.29) is 5.82 Å². The average Bonchev–Trinajstić information content (AvgIpc) is 2.94. The van der Waals surface area contributed by atoms with E-state index < -0.39 is 0 Å². The van der Waals surface area contributed by atoms with E-state index in [0.717, 1.165) is 42.6 Å². The van der Waals surface area contributed by atoms with Gasteiger partial charge in [0.2, 0.25) is 0 Å². The second kappa shape index (κ2) is 6.57. The summed E-state index contributed by atoms with van der Waals surface area (Å²) < 4.78 is 21.2. The summed E-state index contributed by atoms with van der Waals surface area (Å²) in [4.78, 5) is 0. The Hall–Kier alpha value is -2.66. The fourth-order valence-corrected chi connectivity index (χ4v) is 4.00. The van der Waals surface area contributed by atoms with Crippen LogP contribution in [0.2, 0.25) is 0 Å². The zero-order valence-corrected chi connectivity index (χ0v) is 14.8. The molecule has 3 N–H and O–H groups in total. The van der Waals surface area contributed by atoms with Gasteiger partial charge in [-0.1, -0.05) is 0 Å². The van der Waals surface area contributed by atoms with Gasteiger partial charge in [0, 0.05) is 53.4 Å². The monoisotopic (exact) mass is 351 g/mol. The highest BCUT2D eigenvalue weighted by Crippen LogP contribution is 2.39. The summed E-state index contributed by atoms with van der Waals surface area (Å²) in [5, 5.41) is 8.72. The molecule has 1 saturated heterocycles. The Labute approximate surface area is 151 Å². The van der Waals surface area contributed by atoms with Crippen molar-refractivity contribution in [3.63, 3.8) is 0 Å². The number of anilines is 1. The molecule has 4 nitrogen and oxygen atoms in total. The summed E-state index contributed by atoms with van der Waals surface area (Å²) in [5.74, 6) is 0.129. The van der Waals surface area contributed by atoms with Crippen LogP contribution in [0.4, 0.5) is 10.1 Å². The van der Waals surface area contributed by atoms with Gasteiger partial charge < -0.3 is 20.4 Å². The predicted molar refractivity (Wildman–Crippen MR) is 103 cm³/mol. The van der Waals surface area contributed by atoms with E-state index in [2.05, 4.69) is 11.5 Å². The second-order valence-corrected chi connectivity index (χ2v) is 6.85. The van der Waals surface area contributed by atoms with Crippen molar-refractivity contribution >= 4 is 22.8 Å². The lowest BCUT2D eigenvalue weighted by Gasteiger charge is -2.25. The molecule has 134 valence electrons. The van der Waals surface area contributed by atoms with Gasteiger partial charge in [0.05, 0.1) is 5.52 Å². The largest absolute Gasteiger partial charge is 0.398 e. The van der Waals surface area contributed by atoms with Gasteiger partial charge in [-0.25, -0.2) is 4.39 Å². The summed E-state index contributed by atoms with van der Waals surface area (Å²) in [6.45, 7) is 3.63. The number of nitrogens with two attached hydrogens (primary N) is 1. The third-order valence-corrected chi connectivity index (χ3v) is 5.32. The van der Waals surface area contributed by atoms with Gasteiger partial charge in [0.1, 0.15) is 5.82 Å². The predicted octanol–water partition coefficient (Wildman–Crippen LogP) is 4.55. The number of nitrogen functional groups attached to an aromatic ring is 1. The van der Waals surface area contributed by atoms with Crippen LogP contribution in [0.25, 0.3) is 16.6 Å². The molecule has 1 fully saturated rings. The molecule has 1 aliphatic rings. The number of rotatable bonds is 3. The molecule has 5 heteroatoms. The molecule has 4 rings (SSSR count). The van der Waals surface area contributed by atoms with Crippen molar-refractivity contribution in [3.05, 3.63) is 59.0 Å². The number of aromatic nitrogens is 1. The number of hydrogen-bond acceptors (Lipinski definition) is 3. The summed E-state index contributed by atoms with van der Waals surface area (Å²) in [7, 11) is 0. The number of benzene rings is 2. The molecular weight excluding hydrogens is 329 g/mol. The number of aryl methyl sites for hydroxylation is 1. The lowest BCUT2D eigenvalue weighted by atomic mass is 9.93. The Kier molecular flexibility index (Phi) is 4.24. The first-order valence-electron chi connectivity index (χ1n) is 8.88. The minimum atomic E-state index is -0.251. The van der Waals surface area contributed by atoms with Crippen LogP contribution in [-0.4, -0.2) is 24.0 Å². The van der Waals surface area contributed by atoms with Gasteiger partial charge in [0.25, 0.3) is 0 Å². The molecule has 1 aliphatic heterocycles. The Morgan fingerprint density at radius 2 is 1.88 bits per heavy atom. The first kappa shape index (κ1) is 16.8. The molecule has 26 heavy (non-hydrogen) atoms. The molecule has 0 amide bonds. The number of nitrogens with zero attached hydrogens (tertiary/aromatic N) is 1. The number of fused-ring (bicyclic) bond motifs is 1. The highest BCUT2D eigenvalue weighted by atomic mass is 19.1. The maximum Gasteiger partial charge on any atom is 0.123 e. The molecule has 0 radical (unpaired) electrons. The maximum atomic E-state index is 13.5. The molecule has 3 aromatic rings. The first-order chi connectivity index (χ1) is 12.6. The minimum absolute atomic E-state index is 0.251. The molecule has 0 spiro atoms. The van der Waals surface area contributed by atoms with Gasteiger partial charge in [-0.05, 0) is 61.7 Å². The lowest BCUT2D eigenvalue weighted by molar-refractivity contribution is 0.0841. The molecule has 1 aromatic heterocycles. The summed E-state index contributed by atoms with van der Waals surface area (Å²) in [5.41, 5.74) is 11.8. The highest BCUT2D eigenvalue weighted by molar-refractivity contribution is 5.97. The molecule has 2 heterocycles. The smallest absolute Gasteiger partial charge is 0.123 e. The van der Waals surface area contributed by atoms with Crippen molar-refractivity contribution in [2.24, 2.45) is 0 Å². The van der Waals surface area contributed by atoms with Crippen molar-refractivity contribution in [1.82, 2.24) is 4.57 Å². The van der Waals surface area contributed by atoms with Crippen LogP contribution >= 0.6 is 0 Å². The number of hydrogen-bond donors (Lipinski definition) is 2. The van der Waals surface area contributed by atoms with Gasteiger partial charge in [-0.15, -0.1) is 0 Å². The van der Waals surface area contributed by atoms with Crippen LogP contribution < -0.4 is 5.73 Å². The Balaban J connectivity index is 2.03. The van der Waals surface area contributed by atoms with Crippen LogP contribution in [0.3, 0.4) is 0 Å². The molecule has 0 atom stereocenters. The van der Waals surface area contributed by atoms with Crippen LogP contribution in [0.5, 0.6) is 0 Å². The SMILES string of the molecule is Cc1c(C2CCOCC2)n(-c2ccc(F)cc2)c2cc(C=N)c(N)cc12. The van der Waals surface area contributed by atoms with Crippen molar-refractivity contribution in [2.75, 3.05) is 18.9 Å². The summed E-state index contributed by atoms with van der Waals surface area (Å²) in [6.07, 6.45) is 3.21. The van der Waals surface area contributed by atoms with E-state index in [0.29, 0.717) is 17.2 Å². The zero-order chi connectivity index (χ0) is 18.3. The van der Waals surface area contributed by atoms with Crippen LogP contribution in [-0.2, 0) is 4.74 Å². The molecular formula is C21H22FN3O. The molecule has 0 unspecified atom stereocenters. The number of nitrogens with one attached hydrogen (secondary N) is 1. The molecule has 0 saturated carbocycles. The minimum Gasteiger partial charge on any atom is -0.398 e. The van der Waals surface area contributed by atoms with E-state index in [1.807, 2.05) is 12.1 Å². The Bertz CT molecular complexity index is 969. The first-order valence-corrected chi connectivity index (χ1v) is 8.88. The van der Waals surface area contributed by atoms with Crippen LogP contribution in [0.1, 0.15) is 35.6 Å². The van der Waals surface area contributed by atoms with Crippen molar-refractivity contribution in [2.45, 2.75) is 25.7 Å². The van der Waals surface area contributed by atoms with Gasteiger partial charge >= 0.3 is 0 Å². The molecule has 0 bridgehead atoms. The standard InChI is InChI=1S/C21H22FN3O/c1-13-18-11-19(24)15(12-23)10-20(18)25(17-4-2-16(22)3-5-17)21(13)14-6-8-26-9-7-14/h2-5,10-12,14,23H,6-9,24H2,1H3. The van der Waals surface area contributed by atoms with Crippen molar-refractivity contribution < 1.29 is 9.13 Å². The highest BCUT2D eigenvalue weighted by Gasteiger charge is 2.25. The maximum absolute atomic E-state index is 13.5. The Morgan fingerprint density at radius 3 is 2.54 bits per heavy atom. The normalized spacial score (nSPS) is 15.5. The van der Waals surface area contributed by atoms with Crippen molar-refractivity contribution in [3.8, 4) is 5.69 Å². The average molecular weight is 351 g/mol. The topological polar surface area (TPSA) is 64.0 Å². The fraction of sp³-hybridized carbons (Fsp3) is 0.286. The van der Waals surface area contributed by atoms with E-state index in [1.165, 1.54) is 29.6 Å². The van der Waals surface area contributed by atoms with Crippen LogP contribution in [0, 0.1) is 18.2 Å². The Morgan fingerprint density at radius 1 is 1.19 bits per heavy atom. The van der Waals surface area contributed by atoms with Gasteiger partial charge in [-0.2, -0.15) is 0 Å². The van der Waals surface area contributed by atoms with Gasteiger partial charge in [0.15, 0.2) is 0 Å². The summed E-state index contributed by atoms with van der Waals surface area (Å²) in [6, 6.07) is 10.5. The van der Waals surface area contributed by atoms with E-state index in [4.69, 9.17) is 15.9 Å². The lowest BCUT2D eigenvalue weighted by Crippen LogP contribution is -2.17. The zero-order valence-electron chi connectivity index (χ0n) is 14.8. The number of halogens is 1. The third kappa shape index (κ3) is 2.69. The quantitative estimate of drug-likeness (QED) is 0.537. The number of ether oxygens (including phenoxy) is 1. The molecule has 2 aromatic carbocycles. The van der Waals surface area contributed by atoms with Gasteiger partial charge in [-0.3, -0.25) is 0 Å². The van der Waals surface area contributed by atoms with Crippen LogP contribution in [0.15, 0.2) is 36.4 Å². The van der Waals surface area contributed by atoms with E-state index in [1.54, 1.807) is 12.1 Å². The molecule has 0 aliphatic carbocycles.